The van der Waals surface area contributed by atoms with Crippen LogP contribution in [0.3, 0.4) is 0 Å². The topological polar surface area (TPSA) is 47.0 Å². The SMILES string of the molecule is COc1cccc2c1O[C@H](c1ccc(SC)cc1)N1N=C(c3cccnc3)C[C@H]21. The summed E-state index contributed by atoms with van der Waals surface area (Å²) in [7, 11) is 1.68. The lowest BCUT2D eigenvalue weighted by molar-refractivity contribution is -0.0209. The lowest BCUT2D eigenvalue weighted by atomic mass is 9.96. The van der Waals surface area contributed by atoms with Crippen LogP contribution < -0.4 is 9.47 Å². The number of fused-ring (bicyclic) bond motifs is 3. The number of nitrogens with zero attached hydrogens (tertiary/aromatic N) is 3. The van der Waals surface area contributed by atoms with E-state index in [0.717, 1.165) is 40.3 Å². The van der Waals surface area contributed by atoms with Gasteiger partial charge in [-0.2, -0.15) is 5.10 Å². The molecule has 0 fully saturated rings. The summed E-state index contributed by atoms with van der Waals surface area (Å²) in [6, 6.07) is 18.6. The summed E-state index contributed by atoms with van der Waals surface area (Å²) in [4.78, 5) is 5.48. The minimum absolute atomic E-state index is 0.0919. The van der Waals surface area contributed by atoms with Crippen LogP contribution in [0.2, 0.25) is 0 Å². The highest BCUT2D eigenvalue weighted by Crippen LogP contribution is 2.50. The maximum atomic E-state index is 6.48. The van der Waals surface area contributed by atoms with Crippen LogP contribution in [-0.4, -0.2) is 29.1 Å². The second-order valence-electron chi connectivity index (χ2n) is 7.01. The van der Waals surface area contributed by atoms with E-state index in [0.29, 0.717) is 0 Å². The summed E-state index contributed by atoms with van der Waals surface area (Å²) < 4.78 is 12.1. The van der Waals surface area contributed by atoms with Gasteiger partial charge in [-0.25, -0.2) is 5.01 Å². The molecule has 0 unspecified atom stereocenters. The van der Waals surface area contributed by atoms with Gasteiger partial charge in [0.1, 0.15) is 0 Å². The fourth-order valence-electron chi connectivity index (χ4n) is 3.94. The molecular weight excluding hydrogens is 382 g/mol. The van der Waals surface area contributed by atoms with Crippen LogP contribution in [0.1, 0.15) is 35.4 Å². The zero-order chi connectivity index (χ0) is 19.8. The highest BCUT2D eigenvalue weighted by molar-refractivity contribution is 7.98. The first kappa shape index (κ1) is 18.1. The van der Waals surface area contributed by atoms with Crippen molar-refractivity contribution in [3.8, 4) is 11.5 Å². The quantitative estimate of drug-likeness (QED) is 0.570. The molecule has 29 heavy (non-hydrogen) atoms. The molecular formula is C23H21N3O2S. The van der Waals surface area contributed by atoms with Crippen molar-refractivity contribution >= 4 is 17.5 Å². The Kier molecular flexibility index (Phi) is 4.64. The predicted molar refractivity (Wildman–Crippen MR) is 115 cm³/mol. The first-order valence-electron chi connectivity index (χ1n) is 9.52. The van der Waals surface area contributed by atoms with Crippen molar-refractivity contribution in [1.29, 1.82) is 0 Å². The molecule has 2 aliphatic rings. The van der Waals surface area contributed by atoms with Crippen molar-refractivity contribution in [1.82, 2.24) is 9.99 Å². The summed E-state index contributed by atoms with van der Waals surface area (Å²) in [6.45, 7) is 0. The summed E-state index contributed by atoms with van der Waals surface area (Å²) in [6.07, 6.45) is 6.22. The normalized spacial score (nSPS) is 19.8. The Hall–Kier alpha value is -2.99. The molecule has 0 saturated carbocycles. The number of benzene rings is 2. The Morgan fingerprint density at radius 1 is 1.10 bits per heavy atom. The van der Waals surface area contributed by atoms with E-state index in [9.17, 15) is 0 Å². The second kappa shape index (κ2) is 7.44. The first-order valence-corrected chi connectivity index (χ1v) is 10.7. The number of aromatic nitrogens is 1. The Bertz CT molecular complexity index is 1050. The molecule has 146 valence electrons. The second-order valence-corrected chi connectivity index (χ2v) is 7.89. The largest absolute Gasteiger partial charge is 0.493 e. The molecule has 2 atom stereocenters. The van der Waals surface area contributed by atoms with Crippen molar-refractivity contribution in [2.45, 2.75) is 23.6 Å². The monoisotopic (exact) mass is 403 g/mol. The van der Waals surface area contributed by atoms with Crippen molar-refractivity contribution in [2.75, 3.05) is 13.4 Å². The third-order valence-electron chi connectivity index (χ3n) is 5.40. The number of hydrogen-bond donors (Lipinski definition) is 0. The number of hydrogen-bond acceptors (Lipinski definition) is 6. The van der Waals surface area contributed by atoms with Crippen LogP contribution in [0.25, 0.3) is 0 Å². The molecule has 0 radical (unpaired) electrons. The molecule has 0 aliphatic carbocycles. The number of thioether (sulfide) groups is 1. The molecule has 0 bridgehead atoms. The van der Waals surface area contributed by atoms with Gasteiger partial charge in [0.05, 0.1) is 18.9 Å². The molecule has 2 aliphatic heterocycles. The first-order chi connectivity index (χ1) is 14.3. The van der Waals surface area contributed by atoms with E-state index in [-0.39, 0.29) is 12.3 Å². The molecule has 1 aromatic heterocycles. The van der Waals surface area contributed by atoms with Crippen molar-refractivity contribution in [3.63, 3.8) is 0 Å². The average Bonchev–Trinajstić information content (AvgIpc) is 3.24. The van der Waals surface area contributed by atoms with Gasteiger partial charge in [-0.15, -0.1) is 11.8 Å². The molecule has 2 aromatic carbocycles. The van der Waals surface area contributed by atoms with Gasteiger partial charge in [0.25, 0.3) is 0 Å². The van der Waals surface area contributed by atoms with E-state index in [1.165, 1.54) is 4.90 Å². The van der Waals surface area contributed by atoms with E-state index in [4.69, 9.17) is 14.6 Å². The van der Waals surface area contributed by atoms with Crippen LogP contribution in [0, 0.1) is 0 Å². The molecule has 6 heteroatoms. The minimum Gasteiger partial charge on any atom is -0.493 e. The van der Waals surface area contributed by atoms with Crippen LogP contribution in [0.15, 0.2) is 77.0 Å². The van der Waals surface area contributed by atoms with Crippen molar-refractivity contribution < 1.29 is 9.47 Å². The van der Waals surface area contributed by atoms with Gasteiger partial charge in [-0.3, -0.25) is 4.98 Å². The van der Waals surface area contributed by atoms with E-state index < -0.39 is 0 Å². The maximum absolute atomic E-state index is 6.48. The number of para-hydroxylation sites is 1. The van der Waals surface area contributed by atoms with E-state index in [1.807, 2.05) is 24.4 Å². The Labute approximate surface area is 174 Å². The number of hydrazone groups is 1. The van der Waals surface area contributed by atoms with Gasteiger partial charge in [0.2, 0.25) is 6.23 Å². The lowest BCUT2D eigenvalue weighted by Gasteiger charge is -2.38. The Morgan fingerprint density at radius 2 is 1.97 bits per heavy atom. The maximum Gasteiger partial charge on any atom is 0.214 e. The summed E-state index contributed by atoms with van der Waals surface area (Å²) in [5, 5.41) is 7.06. The van der Waals surface area contributed by atoms with Crippen molar-refractivity contribution in [2.24, 2.45) is 5.10 Å². The third kappa shape index (κ3) is 3.13. The lowest BCUT2D eigenvalue weighted by Crippen LogP contribution is -2.33. The Balaban J connectivity index is 1.60. The molecule has 3 aromatic rings. The third-order valence-corrected chi connectivity index (χ3v) is 6.14. The molecule has 0 spiro atoms. The van der Waals surface area contributed by atoms with Gasteiger partial charge in [-0.05, 0) is 30.5 Å². The standard InChI is InChI=1S/C23H21N3O2S/c1-27-21-7-3-6-18-20-13-19(16-5-4-12-24-14-16)25-26(20)23(28-22(18)21)15-8-10-17(29-2)11-9-15/h3-12,14,20,23H,13H2,1-2H3/t20-,23-/m1/s1. The number of rotatable bonds is 4. The fraction of sp³-hybridized carbons (Fsp3) is 0.217. The van der Waals surface area contributed by atoms with Gasteiger partial charge in [0, 0.05) is 40.4 Å². The van der Waals surface area contributed by atoms with E-state index >= 15 is 0 Å². The molecule has 0 saturated heterocycles. The molecule has 5 nitrogen and oxygen atoms in total. The zero-order valence-electron chi connectivity index (χ0n) is 16.3. The van der Waals surface area contributed by atoms with Gasteiger partial charge < -0.3 is 9.47 Å². The summed E-state index contributed by atoms with van der Waals surface area (Å²) in [5.41, 5.74) is 4.24. The summed E-state index contributed by atoms with van der Waals surface area (Å²) in [5.74, 6) is 1.56. The average molecular weight is 404 g/mol. The molecule has 3 heterocycles. The molecule has 0 N–H and O–H groups in total. The number of methoxy groups -OCH3 is 1. The van der Waals surface area contributed by atoms with Crippen LogP contribution >= 0.6 is 11.8 Å². The molecule has 0 amide bonds. The zero-order valence-corrected chi connectivity index (χ0v) is 17.1. The smallest absolute Gasteiger partial charge is 0.214 e. The minimum atomic E-state index is -0.311. The molecule has 5 rings (SSSR count). The number of ether oxygens (including phenoxy) is 2. The predicted octanol–water partition coefficient (Wildman–Crippen LogP) is 5.05. The highest BCUT2D eigenvalue weighted by atomic mass is 32.2. The van der Waals surface area contributed by atoms with Crippen molar-refractivity contribution in [3.05, 3.63) is 83.7 Å². The summed E-state index contributed by atoms with van der Waals surface area (Å²) >= 11 is 1.73. The van der Waals surface area contributed by atoms with Crippen LogP contribution in [-0.2, 0) is 0 Å². The van der Waals surface area contributed by atoms with E-state index in [1.54, 1.807) is 25.1 Å². The van der Waals surface area contributed by atoms with Crippen LogP contribution in [0.4, 0.5) is 0 Å². The van der Waals surface area contributed by atoms with Gasteiger partial charge >= 0.3 is 0 Å². The fourth-order valence-corrected chi connectivity index (χ4v) is 4.35. The van der Waals surface area contributed by atoms with Gasteiger partial charge in [-0.1, -0.05) is 30.3 Å². The highest BCUT2D eigenvalue weighted by Gasteiger charge is 2.42. The van der Waals surface area contributed by atoms with Gasteiger partial charge in [0.15, 0.2) is 11.5 Å². The number of pyridine rings is 1. The van der Waals surface area contributed by atoms with E-state index in [2.05, 4.69) is 52.6 Å². The van der Waals surface area contributed by atoms with Crippen LogP contribution in [0.5, 0.6) is 11.5 Å². The Morgan fingerprint density at radius 3 is 2.69 bits per heavy atom.